The summed E-state index contributed by atoms with van der Waals surface area (Å²) >= 11 is 0. The largest absolute Gasteiger partial charge is 0.449 e. The summed E-state index contributed by atoms with van der Waals surface area (Å²) < 4.78 is 31.9. The number of carbonyl (C=O) groups excluding carboxylic acids is 2. The monoisotopic (exact) mass is 417 g/mol. The normalized spacial score (nSPS) is 18.4. The summed E-state index contributed by atoms with van der Waals surface area (Å²) in [4.78, 5) is 41.0. The highest BCUT2D eigenvalue weighted by Crippen LogP contribution is 2.18. The smallest absolute Gasteiger partial charge is 0.340 e. The molecule has 4 heterocycles. The molecule has 2 aromatic rings. The highest BCUT2D eigenvalue weighted by Gasteiger charge is 2.27. The van der Waals surface area contributed by atoms with E-state index in [2.05, 4.69) is 29.7 Å². The summed E-state index contributed by atoms with van der Waals surface area (Å²) in [5.74, 6) is -1.02. The summed E-state index contributed by atoms with van der Waals surface area (Å²) in [5, 5.41) is 2.56. The maximum atomic E-state index is 12.4. The Labute approximate surface area is 164 Å². The number of ether oxygens (including phenoxy) is 1. The molecule has 2 aromatic heterocycles. The fourth-order valence-corrected chi connectivity index (χ4v) is 3.65. The summed E-state index contributed by atoms with van der Waals surface area (Å²) in [5.41, 5.74) is 1.00. The van der Waals surface area contributed by atoms with Crippen LogP contribution in [0.2, 0.25) is 0 Å². The number of rotatable bonds is 4. The number of aromatic nitrogens is 4. The first-order chi connectivity index (χ1) is 13.8. The number of nitrogens with one attached hydrogen (secondary N) is 2. The van der Waals surface area contributed by atoms with Gasteiger partial charge in [0.05, 0.1) is 17.7 Å². The highest BCUT2D eigenvalue weighted by molar-refractivity contribution is 7.90. The number of amidine groups is 1. The average molecular weight is 417 g/mol. The third-order valence-electron chi connectivity index (χ3n) is 4.18. The minimum atomic E-state index is -3.48. The molecule has 2 aliphatic heterocycles. The molecule has 150 valence electrons. The lowest BCUT2D eigenvalue weighted by atomic mass is 10.2. The summed E-state index contributed by atoms with van der Waals surface area (Å²) in [6, 6.07) is 0. The van der Waals surface area contributed by atoms with Gasteiger partial charge in [0.15, 0.2) is 17.6 Å². The molecule has 0 saturated heterocycles. The van der Waals surface area contributed by atoms with Crippen LogP contribution in [0.4, 0.5) is 5.82 Å². The van der Waals surface area contributed by atoms with E-state index in [4.69, 9.17) is 4.74 Å². The molecule has 2 aliphatic rings. The number of fused-ring (bicyclic) bond motifs is 2. The van der Waals surface area contributed by atoms with Crippen molar-refractivity contribution < 1.29 is 22.7 Å². The molecule has 0 aliphatic carbocycles. The van der Waals surface area contributed by atoms with Crippen LogP contribution in [0.15, 0.2) is 41.0 Å². The van der Waals surface area contributed by atoms with Crippen LogP contribution in [0.5, 0.6) is 0 Å². The van der Waals surface area contributed by atoms with Crippen LogP contribution >= 0.6 is 0 Å². The Morgan fingerprint density at radius 1 is 1.28 bits per heavy atom. The van der Waals surface area contributed by atoms with Gasteiger partial charge in [0.2, 0.25) is 0 Å². The van der Waals surface area contributed by atoms with E-state index in [1.165, 1.54) is 42.8 Å². The molecule has 2 N–H and O–H groups in total. The molecule has 0 aromatic carbocycles. The predicted octanol–water partition coefficient (Wildman–Crippen LogP) is -0.279. The van der Waals surface area contributed by atoms with Crippen molar-refractivity contribution in [1.82, 2.24) is 24.8 Å². The lowest BCUT2D eigenvalue weighted by molar-refractivity contribution is -0.149. The van der Waals surface area contributed by atoms with Gasteiger partial charge in [-0.15, -0.1) is 4.40 Å². The van der Waals surface area contributed by atoms with Crippen LogP contribution in [-0.4, -0.2) is 69.4 Å². The van der Waals surface area contributed by atoms with E-state index in [1.54, 1.807) is 0 Å². The third kappa shape index (κ3) is 3.85. The van der Waals surface area contributed by atoms with E-state index in [0.29, 0.717) is 11.2 Å². The van der Waals surface area contributed by atoms with Crippen molar-refractivity contribution in [2.24, 2.45) is 4.40 Å². The van der Waals surface area contributed by atoms with E-state index in [0.717, 1.165) is 0 Å². The molecular formula is C16H15N7O5S. The number of imidazole rings is 1. The number of amides is 1. The van der Waals surface area contributed by atoms with Gasteiger partial charge in [0.25, 0.3) is 15.9 Å². The molecule has 0 saturated carbocycles. The number of anilines is 1. The molecule has 13 heteroatoms. The molecule has 1 atom stereocenters. The number of carbonyl (C=O) groups is 2. The maximum absolute atomic E-state index is 12.4. The molecule has 0 bridgehead atoms. The lowest BCUT2D eigenvalue weighted by Crippen LogP contribution is -2.37. The Kier molecular flexibility index (Phi) is 4.58. The van der Waals surface area contributed by atoms with Crippen molar-refractivity contribution in [3.8, 4) is 0 Å². The van der Waals surface area contributed by atoms with E-state index in [1.807, 2.05) is 0 Å². The van der Waals surface area contributed by atoms with E-state index in [9.17, 15) is 18.0 Å². The number of hydrogen-bond acceptors (Lipinski definition) is 9. The van der Waals surface area contributed by atoms with Crippen LogP contribution in [0.1, 0.15) is 6.92 Å². The Balaban J connectivity index is 1.42. The number of esters is 1. The lowest BCUT2D eigenvalue weighted by Gasteiger charge is -2.27. The van der Waals surface area contributed by atoms with Crippen molar-refractivity contribution in [3.63, 3.8) is 0 Å². The van der Waals surface area contributed by atoms with Crippen molar-refractivity contribution in [2.75, 3.05) is 17.6 Å². The zero-order valence-electron chi connectivity index (χ0n) is 15.1. The number of nitrogens with zero attached hydrogens (tertiary/aromatic N) is 5. The number of aromatic amines is 1. The van der Waals surface area contributed by atoms with E-state index < -0.39 is 28.0 Å². The van der Waals surface area contributed by atoms with Crippen molar-refractivity contribution in [3.05, 3.63) is 36.6 Å². The molecule has 4 rings (SSSR count). The topological polar surface area (TPSA) is 160 Å². The van der Waals surface area contributed by atoms with Gasteiger partial charge in [0.1, 0.15) is 17.7 Å². The second-order valence-electron chi connectivity index (χ2n) is 6.21. The zero-order valence-corrected chi connectivity index (χ0v) is 15.9. The van der Waals surface area contributed by atoms with Gasteiger partial charge in [-0.2, -0.15) is 0 Å². The molecule has 1 unspecified atom stereocenters. The van der Waals surface area contributed by atoms with Crippen molar-refractivity contribution in [1.29, 1.82) is 0 Å². The summed E-state index contributed by atoms with van der Waals surface area (Å²) in [6.45, 7) is 1.60. The van der Waals surface area contributed by atoms with Crippen LogP contribution in [0.3, 0.4) is 0 Å². The summed E-state index contributed by atoms with van der Waals surface area (Å²) in [7, 11) is -3.48. The molecule has 1 amide bonds. The Morgan fingerprint density at radius 2 is 2.10 bits per heavy atom. The minimum absolute atomic E-state index is 0.150. The fraction of sp³-hybridized carbons (Fsp3) is 0.250. The molecular weight excluding hydrogens is 402 g/mol. The van der Waals surface area contributed by atoms with Crippen LogP contribution in [0, 0.1) is 0 Å². The van der Waals surface area contributed by atoms with Crippen LogP contribution in [0.25, 0.3) is 11.2 Å². The summed E-state index contributed by atoms with van der Waals surface area (Å²) in [6.07, 6.45) is 5.81. The van der Waals surface area contributed by atoms with Crippen molar-refractivity contribution in [2.45, 2.75) is 13.0 Å². The molecule has 0 fully saturated rings. The van der Waals surface area contributed by atoms with Crippen LogP contribution < -0.4 is 5.32 Å². The second kappa shape index (κ2) is 7.09. The van der Waals surface area contributed by atoms with Crippen molar-refractivity contribution >= 4 is 44.7 Å². The van der Waals surface area contributed by atoms with Gasteiger partial charge in [-0.05, 0) is 19.1 Å². The standard InChI is InChI=1S/C16H15N7O5S/c1-9(15(24)21-14-12-13(18-7-17-12)19-8-20-14)28-16(25)10-2-3-11-22-29(26,27)5-4-23(11)6-10/h2-3,6-9H,4-5H2,1H3,(H2,17,18,19,20,21,24). The van der Waals surface area contributed by atoms with Gasteiger partial charge in [-0.25, -0.2) is 28.2 Å². The zero-order chi connectivity index (χ0) is 20.6. The van der Waals surface area contributed by atoms with Gasteiger partial charge < -0.3 is 19.9 Å². The van der Waals surface area contributed by atoms with Gasteiger partial charge >= 0.3 is 5.97 Å². The Bertz CT molecular complexity index is 1200. The fourth-order valence-electron chi connectivity index (χ4n) is 2.68. The number of sulfonamides is 1. The first-order valence-corrected chi connectivity index (χ1v) is 10.1. The number of hydrogen-bond donors (Lipinski definition) is 2. The third-order valence-corrected chi connectivity index (χ3v) is 5.34. The Morgan fingerprint density at radius 3 is 2.93 bits per heavy atom. The molecule has 0 radical (unpaired) electrons. The SMILES string of the molecule is CC(OC(=O)C1=CN2CCS(=O)(=O)N=C2C=C1)C(=O)Nc1ncnc2nc[nH]c12. The maximum Gasteiger partial charge on any atom is 0.340 e. The first-order valence-electron chi connectivity index (χ1n) is 8.47. The molecule has 12 nitrogen and oxygen atoms in total. The van der Waals surface area contributed by atoms with Gasteiger partial charge in [-0.3, -0.25) is 4.79 Å². The molecule has 29 heavy (non-hydrogen) atoms. The average Bonchev–Trinajstić information content (AvgIpc) is 3.16. The van der Waals surface area contributed by atoms with Gasteiger partial charge in [-0.1, -0.05) is 0 Å². The molecule has 0 spiro atoms. The first kappa shape index (κ1) is 18.7. The van der Waals surface area contributed by atoms with Crippen LogP contribution in [-0.2, 0) is 24.3 Å². The Hall–Kier alpha value is -3.61. The minimum Gasteiger partial charge on any atom is -0.449 e. The van der Waals surface area contributed by atoms with E-state index >= 15 is 0 Å². The second-order valence-corrected chi connectivity index (χ2v) is 7.96. The highest BCUT2D eigenvalue weighted by atomic mass is 32.2. The number of H-pyrrole nitrogens is 1. The van der Waals surface area contributed by atoms with Gasteiger partial charge in [0, 0.05) is 12.7 Å². The van der Waals surface area contributed by atoms with E-state index in [-0.39, 0.29) is 29.5 Å². The predicted molar refractivity (Wildman–Crippen MR) is 101 cm³/mol. The quantitative estimate of drug-likeness (QED) is 0.638.